The van der Waals surface area contributed by atoms with E-state index in [1.165, 1.54) is 18.4 Å². The van der Waals surface area contributed by atoms with Crippen molar-refractivity contribution in [3.8, 4) is 5.75 Å². The third-order valence-corrected chi connectivity index (χ3v) is 2.79. The molecule has 0 aliphatic carbocycles. The summed E-state index contributed by atoms with van der Waals surface area (Å²) < 4.78 is 15.7. The lowest BCUT2D eigenvalue weighted by molar-refractivity contribution is 0.121. The van der Waals surface area contributed by atoms with Crippen LogP contribution in [0.1, 0.15) is 0 Å². The van der Waals surface area contributed by atoms with Gasteiger partial charge in [0.2, 0.25) is 4.02 Å². The lowest BCUT2D eigenvalue weighted by atomic mass is 10.3. The van der Waals surface area contributed by atoms with Crippen molar-refractivity contribution in [3.63, 3.8) is 0 Å². The fraction of sp³-hybridized carbons (Fsp3) is 0.111. The van der Waals surface area contributed by atoms with Crippen LogP contribution in [0, 0.1) is 4.02 Å². The van der Waals surface area contributed by atoms with Crippen LogP contribution in [0.4, 0.5) is 4.79 Å². The van der Waals surface area contributed by atoms with Crippen LogP contribution in [-0.4, -0.2) is 13.3 Å². The van der Waals surface area contributed by atoms with Gasteiger partial charge in [0, 0.05) is 6.07 Å². The Morgan fingerprint density at radius 2 is 2.33 bits per heavy atom. The van der Waals surface area contributed by atoms with Crippen LogP contribution in [0.25, 0.3) is 10.3 Å². The number of ether oxygens (including phenoxy) is 2. The number of methoxy groups -OCH3 is 1. The van der Waals surface area contributed by atoms with E-state index >= 15 is 0 Å². The summed E-state index contributed by atoms with van der Waals surface area (Å²) in [6, 6.07) is 4.99. The van der Waals surface area contributed by atoms with Crippen molar-refractivity contribution in [2.45, 2.75) is 0 Å². The first-order chi connectivity index (χ1) is 7.19. The van der Waals surface area contributed by atoms with E-state index in [-0.39, 0.29) is 0 Å². The Labute approximate surface area is 94.0 Å². The van der Waals surface area contributed by atoms with Crippen molar-refractivity contribution < 1.29 is 18.7 Å². The van der Waals surface area contributed by atoms with E-state index in [0.29, 0.717) is 15.4 Å². The molecule has 0 bridgehead atoms. The molecule has 0 spiro atoms. The lowest BCUT2D eigenvalue weighted by Gasteiger charge is -2.00. The highest BCUT2D eigenvalue weighted by Crippen LogP contribution is 2.26. The van der Waals surface area contributed by atoms with Gasteiger partial charge in [0.05, 0.1) is 11.8 Å². The molecular formula is C9H6O4S2. The molecular weight excluding hydrogens is 236 g/mol. The molecule has 0 N–H and O–H groups in total. The Morgan fingerprint density at radius 1 is 1.53 bits per heavy atom. The standard InChI is InChI=1S/C9H6O4S2/c1-11-8(10)12-5-2-3-6-7(4-5)15-9(14)13-6/h2-4H,1H3. The number of fused-ring (bicyclic) bond motifs is 1. The van der Waals surface area contributed by atoms with Gasteiger partial charge in [-0.05, 0) is 24.4 Å². The summed E-state index contributed by atoms with van der Waals surface area (Å²) in [5, 5.41) is 0. The van der Waals surface area contributed by atoms with Crippen molar-refractivity contribution in [1.29, 1.82) is 0 Å². The molecule has 4 nitrogen and oxygen atoms in total. The minimum Gasteiger partial charge on any atom is -0.437 e. The van der Waals surface area contributed by atoms with Gasteiger partial charge in [0.25, 0.3) is 0 Å². The highest BCUT2D eigenvalue weighted by molar-refractivity contribution is 7.73. The van der Waals surface area contributed by atoms with Crippen molar-refractivity contribution in [3.05, 3.63) is 22.2 Å². The Morgan fingerprint density at radius 3 is 3.07 bits per heavy atom. The topological polar surface area (TPSA) is 48.7 Å². The van der Waals surface area contributed by atoms with Crippen LogP contribution >= 0.6 is 23.6 Å². The summed E-state index contributed by atoms with van der Waals surface area (Å²) in [6.07, 6.45) is -0.749. The predicted molar refractivity (Wildman–Crippen MR) is 58.0 cm³/mol. The van der Waals surface area contributed by atoms with Crippen molar-refractivity contribution in [2.75, 3.05) is 7.11 Å². The van der Waals surface area contributed by atoms with Crippen molar-refractivity contribution in [2.24, 2.45) is 0 Å². The number of carbonyl (C=O) groups is 1. The number of rotatable bonds is 1. The van der Waals surface area contributed by atoms with Gasteiger partial charge < -0.3 is 13.9 Å². The van der Waals surface area contributed by atoms with Gasteiger partial charge in [-0.1, -0.05) is 11.3 Å². The summed E-state index contributed by atoms with van der Waals surface area (Å²) in [4.78, 5) is 10.8. The molecule has 0 aliphatic heterocycles. The lowest BCUT2D eigenvalue weighted by Crippen LogP contribution is -2.06. The quantitative estimate of drug-likeness (QED) is 0.436. The molecule has 2 aromatic rings. The summed E-state index contributed by atoms with van der Waals surface area (Å²) in [6.45, 7) is 0. The minimum absolute atomic E-state index is 0.404. The first-order valence-corrected chi connectivity index (χ1v) is 5.21. The summed E-state index contributed by atoms with van der Waals surface area (Å²) >= 11 is 6.20. The molecule has 0 aliphatic rings. The highest BCUT2D eigenvalue weighted by Gasteiger charge is 2.06. The minimum atomic E-state index is -0.749. The largest absolute Gasteiger partial charge is 0.513 e. The van der Waals surface area contributed by atoms with E-state index in [4.69, 9.17) is 21.4 Å². The summed E-state index contributed by atoms with van der Waals surface area (Å²) in [5.41, 5.74) is 0.683. The molecule has 0 saturated carbocycles. The molecule has 0 saturated heterocycles. The molecule has 0 unspecified atom stereocenters. The van der Waals surface area contributed by atoms with Gasteiger partial charge in [-0.15, -0.1) is 0 Å². The molecule has 0 fully saturated rings. The smallest absolute Gasteiger partial charge is 0.437 e. The Hall–Kier alpha value is -1.40. The normalized spacial score (nSPS) is 10.2. The van der Waals surface area contributed by atoms with E-state index in [2.05, 4.69) is 4.74 Å². The summed E-state index contributed by atoms with van der Waals surface area (Å²) in [5.74, 6) is 0.404. The van der Waals surface area contributed by atoms with Crippen LogP contribution in [0.15, 0.2) is 22.6 Å². The van der Waals surface area contributed by atoms with Crippen LogP contribution in [0.3, 0.4) is 0 Å². The van der Waals surface area contributed by atoms with Gasteiger partial charge in [0.1, 0.15) is 11.3 Å². The number of hydrogen-bond donors (Lipinski definition) is 0. The van der Waals surface area contributed by atoms with Crippen LogP contribution < -0.4 is 4.74 Å². The molecule has 1 aromatic heterocycles. The van der Waals surface area contributed by atoms with E-state index in [1.807, 2.05) is 0 Å². The van der Waals surface area contributed by atoms with E-state index < -0.39 is 6.16 Å². The molecule has 0 atom stereocenters. The van der Waals surface area contributed by atoms with Crippen LogP contribution in [0.2, 0.25) is 0 Å². The Kier molecular flexibility index (Phi) is 2.70. The second kappa shape index (κ2) is 4.00. The first-order valence-electron chi connectivity index (χ1n) is 3.98. The maximum absolute atomic E-state index is 10.8. The fourth-order valence-electron chi connectivity index (χ4n) is 1.05. The maximum Gasteiger partial charge on any atom is 0.513 e. The third kappa shape index (κ3) is 2.16. The molecule has 1 aromatic carbocycles. The summed E-state index contributed by atoms with van der Waals surface area (Å²) in [7, 11) is 1.25. The molecule has 15 heavy (non-hydrogen) atoms. The van der Waals surface area contributed by atoms with E-state index in [0.717, 1.165) is 4.70 Å². The zero-order valence-corrected chi connectivity index (χ0v) is 9.31. The van der Waals surface area contributed by atoms with Crippen LogP contribution in [-0.2, 0) is 4.74 Å². The highest BCUT2D eigenvalue weighted by atomic mass is 32.1. The van der Waals surface area contributed by atoms with Gasteiger partial charge >= 0.3 is 6.16 Å². The second-order valence-electron chi connectivity index (χ2n) is 2.62. The van der Waals surface area contributed by atoms with E-state index in [9.17, 15) is 4.79 Å². The molecule has 1 heterocycles. The van der Waals surface area contributed by atoms with Crippen LogP contribution in [0.5, 0.6) is 5.75 Å². The van der Waals surface area contributed by atoms with Gasteiger partial charge in [-0.3, -0.25) is 0 Å². The Balaban J connectivity index is 2.38. The Bertz CT molecular complexity index is 554. The monoisotopic (exact) mass is 242 g/mol. The average molecular weight is 242 g/mol. The molecule has 6 heteroatoms. The predicted octanol–water partition coefficient (Wildman–Crippen LogP) is 3.37. The fourth-order valence-corrected chi connectivity index (χ4v) is 2.11. The van der Waals surface area contributed by atoms with Crippen molar-refractivity contribution in [1.82, 2.24) is 0 Å². The van der Waals surface area contributed by atoms with Gasteiger partial charge in [-0.25, -0.2) is 4.79 Å². The molecule has 78 valence electrons. The SMILES string of the molecule is COC(=O)Oc1ccc2oc(=S)sc2c1. The zero-order valence-electron chi connectivity index (χ0n) is 7.68. The van der Waals surface area contributed by atoms with Gasteiger partial charge in [0.15, 0.2) is 0 Å². The van der Waals surface area contributed by atoms with Crippen molar-refractivity contribution >= 4 is 40.0 Å². The first kappa shape index (κ1) is 10.1. The second-order valence-corrected chi connectivity index (χ2v) is 4.26. The van der Waals surface area contributed by atoms with Gasteiger partial charge in [-0.2, -0.15) is 0 Å². The number of hydrogen-bond acceptors (Lipinski definition) is 6. The molecule has 0 amide bonds. The zero-order chi connectivity index (χ0) is 10.8. The number of benzene rings is 1. The molecule has 2 rings (SSSR count). The third-order valence-electron chi connectivity index (χ3n) is 1.67. The number of carbonyl (C=O) groups excluding carboxylic acids is 1. The van der Waals surface area contributed by atoms with E-state index in [1.54, 1.807) is 18.2 Å². The average Bonchev–Trinajstić information content (AvgIpc) is 2.57. The maximum atomic E-state index is 10.8. The molecule has 0 radical (unpaired) electrons.